The minimum atomic E-state index is 0.527. The lowest BCUT2D eigenvalue weighted by Gasteiger charge is -2.30. The third-order valence-corrected chi connectivity index (χ3v) is 20.1. The molecule has 16 aromatic rings. The second-order valence-corrected chi connectivity index (χ2v) is 25.1. The molecule has 4 heteroatoms. The zero-order valence-corrected chi connectivity index (χ0v) is 49.2. The van der Waals surface area contributed by atoms with Gasteiger partial charge in [0, 0.05) is 54.8 Å². The van der Waals surface area contributed by atoms with E-state index in [9.17, 15) is 0 Å². The molecule has 0 aliphatic heterocycles. The first kappa shape index (κ1) is 51.1. The molecule has 2 aliphatic carbocycles. The molecule has 2 heterocycles. The van der Waals surface area contributed by atoms with Crippen molar-refractivity contribution in [3.05, 3.63) is 266 Å². The zero-order chi connectivity index (χ0) is 57.8. The van der Waals surface area contributed by atoms with Gasteiger partial charge in [-0.05, 0) is 164 Å². The first-order valence-corrected chi connectivity index (χ1v) is 32.0. The Balaban J connectivity index is 0.887. The van der Waals surface area contributed by atoms with Gasteiger partial charge < -0.3 is 18.6 Å². The van der Waals surface area contributed by atoms with Crippen molar-refractivity contribution in [2.75, 3.05) is 9.80 Å². The third-order valence-electron chi connectivity index (χ3n) is 20.1. The van der Waals surface area contributed by atoms with Gasteiger partial charge >= 0.3 is 0 Å². The van der Waals surface area contributed by atoms with E-state index in [0.29, 0.717) is 11.8 Å². The van der Waals surface area contributed by atoms with E-state index in [4.69, 9.17) is 8.83 Å². The van der Waals surface area contributed by atoms with Crippen LogP contribution in [0.15, 0.2) is 264 Å². The van der Waals surface area contributed by atoms with Crippen molar-refractivity contribution in [3.63, 3.8) is 0 Å². The van der Waals surface area contributed by atoms with Crippen molar-refractivity contribution in [1.82, 2.24) is 0 Å². The van der Waals surface area contributed by atoms with E-state index in [2.05, 4.69) is 265 Å². The lowest BCUT2D eigenvalue weighted by atomic mass is 9.84. The van der Waals surface area contributed by atoms with Crippen LogP contribution in [-0.4, -0.2) is 0 Å². The molecule has 0 spiro atoms. The molecule has 0 amide bonds. The fraction of sp³-hybridized carbons (Fsp3) is 0.143. The molecule has 2 fully saturated rings. The van der Waals surface area contributed by atoms with Crippen molar-refractivity contribution in [2.45, 2.75) is 76.0 Å². The number of hydrogen-bond acceptors (Lipinski definition) is 4. The van der Waals surface area contributed by atoms with Crippen molar-refractivity contribution in [1.29, 1.82) is 0 Å². The molecule has 0 saturated heterocycles. The summed E-state index contributed by atoms with van der Waals surface area (Å²) < 4.78 is 15.0. The molecule has 2 saturated carbocycles. The van der Waals surface area contributed by atoms with Crippen LogP contribution in [-0.2, 0) is 0 Å². The van der Waals surface area contributed by atoms with Gasteiger partial charge in [-0.2, -0.15) is 0 Å². The van der Waals surface area contributed by atoms with Gasteiger partial charge in [0.2, 0.25) is 0 Å². The normalized spacial score (nSPS) is 14.5. The molecule has 14 aromatic carbocycles. The van der Waals surface area contributed by atoms with Crippen LogP contribution < -0.4 is 9.80 Å². The van der Waals surface area contributed by atoms with E-state index in [1.54, 1.807) is 0 Å². The molecule has 0 N–H and O–H groups in total. The number of rotatable bonds is 10. The van der Waals surface area contributed by atoms with Crippen LogP contribution in [0.4, 0.5) is 34.1 Å². The lowest BCUT2D eigenvalue weighted by Crippen LogP contribution is -2.13. The predicted molar refractivity (Wildman–Crippen MR) is 372 cm³/mol. The second kappa shape index (κ2) is 20.8. The molecule has 88 heavy (non-hydrogen) atoms. The average Bonchev–Trinajstić information content (AvgIpc) is 1.27. The molecular formula is C84H64N2O2. The number of nitrogens with zero attached hydrogens (tertiary/aromatic N) is 2. The molecule has 2 aliphatic rings. The Morgan fingerprint density at radius 1 is 0.261 bits per heavy atom. The largest absolute Gasteiger partial charge is 0.453 e. The maximum Gasteiger partial charge on any atom is 0.159 e. The minimum Gasteiger partial charge on any atom is -0.453 e. The summed E-state index contributed by atoms with van der Waals surface area (Å²) in [5.41, 5.74) is 17.4. The van der Waals surface area contributed by atoms with Crippen molar-refractivity contribution in [2.24, 2.45) is 0 Å². The standard InChI is InChI=1S/C84H64N2O2/c1-5-21-53(22-6-1)59-31-17-33-63(49-59)85(75-39-19-37-69-79-65-35-15-13-29-61(65)51-71(83(79)87-81(69)75)55-25-9-3-10-26-55)73-47-43-57-42-46-68-74(48-44-58-41-45-67(73)77(57)78(58)68)86(64-34-18-32-60(50-64)54-23-7-2-8-24-54)76-40-20-38-70-80-66-36-16-14-30-62(66)52-72(84(80)88-82(70)76)56-27-11-4-12-28-56/h3-4,9-20,25-54H,1-2,5-8,21-24H2. The van der Waals surface area contributed by atoms with Gasteiger partial charge in [0.1, 0.15) is 11.2 Å². The molecule has 18 rings (SSSR count). The average molecular weight is 1130 g/mol. The Morgan fingerprint density at radius 3 is 1.11 bits per heavy atom. The van der Waals surface area contributed by atoms with Crippen LogP contribution >= 0.6 is 0 Å². The topological polar surface area (TPSA) is 32.8 Å². The summed E-state index contributed by atoms with van der Waals surface area (Å²) in [6, 6.07) is 95.1. The first-order chi connectivity index (χ1) is 43.7. The van der Waals surface area contributed by atoms with E-state index < -0.39 is 0 Å². The third kappa shape index (κ3) is 8.18. The molecule has 0 radical (unpaired) electrons. The van der Waals surface area contributed by atoms with E-state index in [-0.39, 0.29) is 0 Å². The summed E-state index contributed by atoms with van der Waals surface area (Å²) in [5, 5.41) is 16.5. The molecule has 0 unspecified atom stereocenters. The van der Waals surface area contributed by atoms with E-state index in [0.717, 1.165) is 100 Å². The fourth-order valence-electron chi connectivity index (χ4n) is 16.0. The zero-order valence-electron chi connectivity index (χ0n) is 49.2. The summed E-state index contributed by atoms with van der Waals surface area (Å²) in [4.78, 5) is 5.04. The number of hydrogen-bond donors (Lipinski definition) is 0. The Morgan fingerprint density at radius 2 is 0.659 bits per heavy atom. The number of fused-ring (bicyclic) bond motifs is 10. The SMILES string of the molecule is c1ccc(-c2cc3ccccc3c3c2oc2c(N(c4cccc(C5CCCCC5)c4)c4ccc5ccc6c(N(c7cccc(C8CCCCC8)c7)c7cccc8c7oc7c(-c9ccccc9)cc9ccccc9c78)ccc7ccc4c5c76)cccc23)cc1. The monoisotopic (exact) mass is 1130 g/mol. The van der Waals surface area contributed by atoms with Gasteiger partial charge in [-0.15, -0.1) is 0 Å². The van der Waals surface area contributed by atoms with E-state index in [1.165, 1.54) is 129 Å². The molecule has 0 atom stereocenters. The van der Waals surface area contributed by atoms with Crippen LogP contribution in [0.3, 0.4) is 0 Å². The van der Waals surface area contributed by atoms with E-state index >= 15 is 0 Å². The lowest BCUT2D eigenvalue weighted by molar-refractivity contribution is 0.443. The van der Waals surface area contributed by atoms with Crippen molar-refractivity contribution in [3.8, 4) is 22.3 Å². The molecule has 2 aromatic heterocycles. The van der Waals surface area contributed by atoms with Gasteiger partial charge in [-0.1, -0.05) is 233 Å². The van der Waals surface area contributed by atoms with E-state index in [1.807, 2.05) is 0 Å². The van der Waals surface area contributed by atoms with Crippen LogP contribution in [0.25, 0.3) is 120 Å². The van der Waals surface area contributed by atoms with Gasteiger partial charge in [-0.25, -0.2) is 0 Å². The van der Waals surface area contributed by atoms with Crippen LogP contribution in [0.2, 0.25) is 0 Å². The Labute approximate surface area is 511 Å². The van der Waals surface area contributed by atoms with Gasteiger partial charge in [0.15, 0.2) is 11.2 Å². The van der Waals surface area contributed by atoms with Crippen molar-refractivity contribution < 1.29 is 8.83 Å². The molecule has 422 valence electrons. The highest BCUT2D eigenvalue weighted by Crippen LogP contribution is 2.53. The van der Waals surface area contributed by atoms with Gasteiger partial charge in [-0.3, -0.25) is 0 Å². The number of benzene rings is 14. The number of furan rings is 2. The summed E-state index contributed by atoms with van der Waals surface area (Å²) >= 11 is 0. The van der Waals surface area contributed by atoms with Crippen molar-refractivity contribution >= 4 is 132 Å². The highest BCUT2D eigenvalue weighted by Gasteiger charge is 2.29. The maximum absolute atomic E-state index is 7.49. The fourth-order valence-corrected chi connectivity index (χ4v) is 16.0. The summed E-state index contributed by atoms with van der Waals surface area (Å²) in [6.45, 7) is 0. The van der Waals surface area contributed by atoms with Gasteiger partial charge in [0.25, 0.3) is 0 Å². The molecule has 0 bridgehead atoms. The predicted octanol–water partition coefficient (Wildman–Crippen LogP) is 25.1. The number of para-hydroxylation sites is 2. The summed E-state index contributed by atoms with van der Waals surface area (Å²) in [6.07, 6.45) is 12.6. The van der Waals surface area contributed by atoms with Crippen LogP contribution in [0.1, 0.15) is 87.2 Å². The highest BCUT2D eigenvalue weighted by atomic mass is 16.3. The molecule has 4 nitrogen and oxygen atoms in total. The summed E-state index contributed by atoms with van der Waals surface area (Å²) in [7, 11) is 0. The number of anilines is 6. The first-order valence-electron chi connectivity index (χ1n) is 32.0. The van der Waals surface area contributed by atoms with Crippen LogP contribution in [0, 0.1) is 0 Å². The minimum absolute atomic E-state index is 0.527. The molecular weight excluding hydrogens is 1070 g/mol. The Hall–Kier alpha value is -10.2. The Bertz CT molecular complexity index is 5040. The van der Waals surface area contributed by atoms with Crippen LogP contribution in [0.5, 0.6) is 0 Å². The summed E-state index contributed by atoms with van der Waals surface area (Å²) in [5.74, 6) is 1.05. The highest BCUT2D eigenvalue weighted by molar-refractivity contribution is 6.30. The Kier molecular flexibility index (Phi) is 12.1. The second-order valence-electron chi connectivity index (χ2n) is 25.1. The smallest absolute Gasteiger partial charge is 0.159 e. The quantitative estimate of drug-likeness (QED) is 0.128. The van der Waals surface area contributed by atoms with Gasteiger partial charge in [0.05, 0.1) is 22.7 Å². The maximum atomic E-state index is 7.49.